The first-order valence-corrected chi connectivity index (χ1v) is 9.60. The minimum atomic E-state index is 0. The Labute approximate surface area is 177 Å². The molecule has 2 heterocycles. The maximum atomic E-state index is 12.4. The Morgan fingerprint density at radius 2 is 1.93 bits per heavy atom. The van der Waals surface area contributed by atoms with E-state index in [-0.39, 0.29) is 30.7 Å². The molecule has 0 aliphatic carbocycles. The van der Waals surface area contributed by atoms with Crippen molar-refractivity contribution in [3.8, 4) is 5.75 Å². The number of ether oxygens (including phenoxy) is 1. The number of carbonyl (C=O) groups is 1. The van der Waals surface area contributed by atoms with Gasteiger partial charge < -0.3 is 15.0 Å². The van der Waals surface area contributed by atoms with E-state index in [0.717, 1.165) is 42.4 Å². The average Bonchev–Trinajstić information content (AvgIpc) is 3.08. The number of aryl methyl sites for hydroxylation is 1. The average molecular weight is 432 g/mol. The van der Waals surface area contributed by atoms with Crippen molar-refractivity contribution in [3.05, 3.63) is 45.9 Å². The second-order valence-electron chi connectivity index (χ2n) is 6.45. The van der Waals surface area contributed by atoms with Crippen LogP contribution in [0.5, 0.6) is 5.75 Å². The largest absolute Gasteiger partial charge is 0.486 e. The number of piperidine rings is 1. The van der Waals surface area contributed by atoms with Crippen LogP contribution in [-0.4, -0.2) is 42.0 Å². The quantitative estimate of drug-likeness (QED) is 0.758. The molecule has 27 heavy (non-hydrogen) atoms. The summed E-state index contributed by atoms with van der Waals surface area (Å²) in [6.07, 6.45) is 2.43. The summed E-state index contributed by atoms with van der Waals surface area (Å²) in [6.45, 7) is 4.15. The lowest BCUT2D eigenvalue weighted by Gasteiger charge is -2.31. The number of aromatic nitrogens is 1. The van der Waals surface area contributed by atoms with E-state index in [4.69, 9.17) is 4.74 Å². The maximum Gasteiger partial charge on any atom is 0.228 e. The van der Waals surface area contributed by atoms with E-state index in [2.05, 4.69) is 17.2 Å². The lowest BCUT2D eigenvalue weighted by Crippen LogP contribution is -2.44. The Kier molecular flexibility index (Phi) is 10.1. The molecule has 8 heteroatoms. The molecule has 0 atom stereocenters. The Bertz CT molecular complexity index is 701. The molecule has 1 amide bonds. The Balaban J connectivity index is 0.00000182. The van der Waals surface area contributed by atoms with Crippen LogP contribution >= 0.6 is 36.2 Å². The summed E-state index contributed by atoms with van der Waals surface area (Å²) in [4.78, 5) is 18.9. The standard InChI is InChI=1S/C19H25N3O2S.2ClH/c1-14-3-5-17(6-4-14)24-12-18-21-16(13-25-18)11-19(23)22-9-7-15(20-2)8-10-22;;/h3-6,13,15,20H,7-12H2,1-2H3;2*1H. The lowest BCUT2D eigenvalue weighted by molar-refractivity contribution is -0.131. The molecule has 5 nitrogen and oxygen atoms in total. The highest BCUT2D eigenvalue weighted by Crippen LogP contribution is 2.17. The van der Waals surface area contributed by atoms with Crippen LogP contribution in [0.25, 0.3) is 0 Å². The van der Waals surface area contributed by atoms with Gasteiger partial charge in [0, 0.05) is 24.5 Å². The van der Waals surface area contributed by atoms with Gasteiger partial charge in [-0.1, -0.05) is 17.7 Å². The summed E-state index contributed by atoms with van der Waals surface area (Å²) >= 11 is 1.55. The molecule has 1 aliphatic rings. The number of rotatable bonds is 6. The number of carbonyl (C=O) groups excluding carboxylic acids is 1. The first-order valence-electron chi connectivity index (χ1n) is 8.72. The number of benzene rings is 1. The van der Waals surface area contributed by atoms with Gasteiger partial charge in [0.15, 0.2) is 0 Å². The van der Waals surface area contributed by atoms with E-state index in [1.165, 1.54) is 5.56 Å². The highest BCUT2D eigenvalue weighted by molar-refractivity contribution is 7.09. The fourth-order valence-electron chi connectivity index (χ4n) is 2.96. The zero-order valence-electron chi connectivity index (χ0n) is 15.6. The van der Waals surface area contributed by atoms with Crippen LogP contribution in [0.1, 0.15) is 29.1 Å². The van der Waals surface area contributed by atoms with Crippen molar-refractivity contribution >= 4 is 42.1 Å². The Morgan fingerprint density at radius 1 is 1.26 bits per heavy atom. The van der Waals surface area contributed by atoms with Crippen molar-refractivity contribution in [1.29, 1.82) is 0 Å². The van der Waals surface area contributed by atoms with Crippen molar-refractivity contribution in [1.82, 2.24) is 15.2 Å². The zero-order valence-corrected chi connectivity index (χ0v) is 18.1. The summed E-state index contributed by atoms with van der Waals surface area (Å²) < 4.78 is 5.75. The van der Waals surface area contributed by atoms with Crippen LogP contribution < -0.4 is 10.1 Å². The van der Waals surface area contributed by atoms with Crippen LogP contribution in [0.15, 0.2) is 29.6 Å². The molecule has 1 saturated heterocycles. The van der Waals surface area contributed by atoms with E-state index in [9.17, 15) is 4.79 Å². The summed E-state index contributed by atoms with van der Waals surface area (Å²) in [5.74, 6) is 1.01. The van der Waals surface area contributed by atoms with E-state index in [1.807, 2.05) is 41.6 Å². The Morgan fingerprint density at radius 3 is 2.56 bits per heavy atom. The van der Waals surface area contributed by atoms with Gasteiger partial charge in [0.1, 0.15) is 17.4 Å². The number of nitrogens with zero attached hydrogens (tertiary/aromatic N) is 2. The molecule has 0 radical (unpaired) electrons. The topological polar surface area (TPSA) is 54.5 Å². The number of nitrogens with one attached hydrogen (secondary N) is 1. The van der Waals surface area contributed by atoms with E-state index in [0.29, 0.717) is 19.1 Å². The SMILES string of the molecule is CNC1CCN(C(=O)Cc2csc(COc3ccc(C)cc3)n2)CC1.Cl.Cl. The van der Waals surface area contributed by atoms with Gasteiger partial charge in [0.05, 0.1) is 12.1 Å². The number of hydrogen-bond acceptors (Lipinski definition) is 5. The molecule has 0 spiro atoms. The van der Waals surface area contributed by atoms with Crippen LogP contribution in [0.2, 0.25) is 0 Å². The predicted octanol–water partition coefficient (Wildman–Crippen LogP) is 3.63. The van der Waals surface area contributed by atoms with Crippen molar-refractivity contribution in [2.45, 2.75) is 38.8 Å². The normalized spacial score (nSPS) is 14.2. The van der Waals surface area contributed by atoms with Crippen LogP contribution in [0.3, 0.4) is 0 Å². The van der Waals surface area contributed by atoms with Gasteiger partial charge in [-0.05, 0) is 38.9 Å². The third-order valence-electron chi connectivity index (χ3n) is 4.57. The van der Waals surface area contributed by atoms with Gasteiger partial charge in [-0.15, -0.1) is 36.2 Å². The molecule has 3 rings (SSSR count). The number of thiazole rings is 1. The van der Waals surface area contributed by atoms with Gasteiger partial charge in [0.25, 0.3) is 0 Å². The van der Waals surface area contributed by atoms with Crippen molar-refractivity contribution in [2.75, 3.05) is 20.1 Å². The van der Waals surface area contributed by atoms with Crippen molar-refractivity contribution in [2.24, 2.45) is 0 Å². The number of amides is 1. The lowest BCUT2D eigenvalue weighted by atomic mass is 10.0. The van der Waals surface area contributed by atoms with Gasteiger partial charge in [-0.2, -0.15) is 0 Å². The molecule has 1 aromatic heterocycles. The zero-order chi connectivity index (χ0) is 17.6. The second kappa shape index (κ2) is 11.5. The van der Waals surface area contributed by atoms with Gasteiger partial charge in [0.2, 0.25) is 5.91 Å². The fourth-order valence-corrected chi connectivity index (χ4v) is 3.67. The molecule has 150 valence electrons. The molecule has 1 fully saturated rings. The van der Waals surface area contributed by atoms with Crippen molar-refractivity contribution in [3.63, 3.8) is 0 Å². The first kappa shape index (κ1) is 23.7. The molecule has 1 aliphatic heterocycles. The minimum absolute atomic E-state index is 0. The molecular weight excluding hydrogens is 405 g/mol. The van der Waals surface area contributed by atoms with E-state index >= 15 is 0 Å². The highest BCUT2D eigenvalue weighted by Gasteiger charge is 2.22. The van der Waals surface area contributed by atoms with Crippen molar-refractivity contribution < 1.29 is 9.53 Å². The second-order valence-corrected chi connectivity index (χ2v) is 7.40. The monoisotopic (exact) mass is 431 g/mol. The summed E-state index contributed by atoms with van der Waals surface area (Å²) in [7, 11) is 1.98. The minimum Gasteiger partial charge on any atom is -0.486 e. The molecule has 0 unspecified atom stereocenters. The fraction of sp³-hybridized carbons (Fsp3) is 0.474. The number of likely N-dealkylation sites (tertiary alicyclic amines) is 1. The smallest absolute Gasteiger partial charge is 0.228 e. The van der Waals surface area contributed by atoms with Gasteiger partial charge >= 0.3 is 0 Å². The summed E-state index contributed by atoms with van der Waals surface area (Å²) in [5, 5.41) is 6.15. The van der Waals surface area contributed by atoms with Gasteiger partial charge in [-0.3, -0.25) is 4.79 Å². The highest BCUT2D eigenvalue weighted by atomic mass is 35.5. The number of hydrogen-bond donors (Lipinski definition) is 1. The molecule has 2 aromatic rings. The summed E-state index contributed by atoms with van der Waals surface area (Å²) in [5.41, 5.74) is 2.05. The Hall–Kier alpha value is -1.34. The maximum absolute atomic E-state index is 12.4. The molecule has 1 N–H and O–H groups in total. The third kappa shape index (κ3) is 6.96. The van der Waals surface area contributed by atoms with Crippen LogP contribution in [-0.2, 0) is 17.8 Å². The van der Waals surface area contributed by atoms with Crippen LogP contribution in [0.4, 0.5) is 0 Å². The van der Waals surface area contributed by atoms with Crippen LogP contribution in [0, 0.1) is 6.92 Å². The van der Waals surface area contributed by atoms with E-state index in [1.54, 1.807) is 11.3 Å². The molecular formula is C19H27Cl2N3O2S. The third-order valence-corrected chi connectivity index (χ3v) is 5.44. The molecule has 1 aromatic carbocycles. The molecule has 0 saturated carbocycles. The van der Waals surface area contributed by atoms with E-state index < -0.39 is 0 Å². The summed E-state index contributed by atoms with van der Waals surface area (Å²) in [6, 6.07) is 8.51. The predicted molar refractivity (Wildman–Crippen MR) is 114 cm³/mol. The van der Waals surface area contributed by atoms with Gasteiger partial charge in [-0.25, -0.2) is 4.98 Å². The number of halogens is 2. The first-order chi connectivity index (χ1) is 12.1. The molecule has 0 bridgehead atoms.